The second-order valence-electron chi connectivity index (χ2n) is 4.96. The zero-order chi connectivity index (χ0) is 9.84. The molecule has 0 aromatic heterocycles. The van der Waals surface area contributed by atoms with Gasteiger partial charge in [0.05, 0.1) is 0 Å². The molecule has 0 heterocycles. The van der Waals surface area contributed by atoms with E-state index in [1.165, 1.54) is 25.7 Å². The SMILES string of the molecule is CNC(C)C(C)C1CCC(C)CC1. The summed E-state index contributed by atoms with van der Waals surface area (Å²) >= 11 is 0. The summed E-state index contributed by atoms with van der Waals surface area (Å²) in [7, 11) is 2.08. The lowest BCUT2D eigenvalue weighted by atomic mass is 9.75. The summed E-state index contributed by atoms with van der Waals surface area (Å²) in [5.41, 5.74) is 0. The zero-order valence-electron chi connectivity index (χ0n) is 9.64. The average Bonchev–Trinajstić information content (AvgIpc) is 2.17. The summed E-state index contributed by atoms with van der Waals surface area (Å²) in [6.07, 6.45) is 5.81. The van der Waals surface area contributed by atoms with E-state index < -0.39 is 0 Å². The summed E-state index contributed by atoms with van der Waals surface area (Å²) in [4.78, 5) is 0. The van der Waals surface area contributed by atoms with E-state index in [-0.39, 0.29) is 0 Å². The Kier molecular flexibility index (Phi) is 4.24. The van der Waals surface area contributed by atoms with Crippen LogP contribution in [-0.2, 0) is 0 Å². The van der Waals surface area contributed by atoms with Crippen molar-refractivity contribution in [2.75, 3.05) is 7.05 Å². The van der Waals surface area contributed by atoms with Crippen LogP contribution in [0, 0.1) is 17.8 Å². The lowest BCUT2D eigenvalue weighted by Gasteiger charge is -2.33. The molecule has 0 bridgehead atoms. The van der Waals surface area contributed by atoms with Crippen molar-refractivity contribution in [2.24, 2.45) is 17.8 Å². The topological polar surface area (TPSA) is 12.0 Å². The van der Waals surface area contributed by atoms with Crippen LogP contribution >= 0.6 is 0 Å². The Balaban J connectivity index is 2.35. The Morgan fingerprint density at radius 3 is 2.08 bits per heavy atom. The van der Waals surface area contributed by atoms with Crippen molar-refractivity contribution in [1.29, 1.82) is 0 Å². The third-order valence-corrected chi connectivity index (χ3v) is 4.05. The van der Waals surface area contributed by atoms with Crippen LogP contribution in [0.3, 0.4) is 0 Å². The van der Waals surface area contributed by atoms with Crippen molar-refractivity contribution in [3.05, 3.63) is 0 Å². The zero-order valence-corrected chi connectivity index (χ0v) is 9.64. The largest absolute Gasteiger partial charge is 0.317 e. The van der Waals surface area contributed by atoms with Crippen LogP contribution in [0.5, 0.6) is 0 Å². The van der Waals surface area contributed by atoms with Gasteiger partial charge in [-0.25, -0.2) is 0 Å². The highest BCUT2D eigenvalue weighted by atomic mass is 14.9. The van der Waals surface area contributed by atoms with Gasteiger partial charge in [0.2, 0.25) is 0 Å². The highest BCUT2D eigenvalue weighted by Crippen LogP contribution is 2.34. The van der Waals surface area contributed by atoms with E-state index in [4.69, 9.17) is 0 Å². The molecule has 2 atom stereocenters. The summed E-state index contributed by atoms with van der Waals surface area (Å²) in [5, 5.41) is 3.37. The Bertz CT molecular complexity index is 136. The molecule has 1 N–H and O–H groups in total. The Labute approximate surface area is 83.3 Å². The minimum atomic E-state index is 0.679. The molecule has 0 spiro atoms. The molecule has 78 valence electrons. The Hall–Kier alpha value is -0.0400. The molecule has 1 fully saturated rings. The van der Waals surface area contributed by atoms with E-state index >= 15 is 0 Å². The molecule has 1 saturated carbocycles. The molecule has 1 heteroatoms. The molecule has 13 heavy (non-hydrogen) atoms. The fourth-order valence-electron chi connectivity index (χ4n) is 2.48. The molecular weight excluding hydrogens is 158 g/mol. The monoisotopic (exact) mass is 183 g/mol. The van der Waals surface area contributed by atoms with Crippen LogP contribution in [0.25, 0.3) is 0 Å². The summed E-state index contributed by atoms with van der Waals surface area (Å²) in [6.45, 7) is 7.10. The lowest BCUT2D eigenvalue weighted by Crippen LogP contribution is -2.34. The van der Waals surface area contributed by atoms with Gasteiger partial charge in [0.1, 0.15) is 0 Å². The maximum absolute atomic E-state index is 3.37. The molecule has 0 saturated heterocycles. The van der Waals surface area contributed by atoms with Crippen molar-refractivity contribution in [1.82, 2.24) is 5.32 Å². The first-order valence-corrected chi connectivity index (χ1v) is 5.82. The molecule has 0 radical (unpaired) electrons. The first-order chi connectivity index (χ1) is 6.15. The second kappa shape index (κ2) is 4.99. The summed E-state index contributed by atoms with van der Waals surface area (Å²) < 4.78 is 0. The van der Waals surface area contributed by atoms with Gasteiger partial charge < -0.3 is 5.32 Å². The predicted molar refractivity (Wildman–Crippen MR) is 58.8 cm³/mol. The molecule has 1 rings (SSSR count). The predicted octanol–water partition coefficient (Wildman–Crippen LogP) is 3.06. The third-order valence-electron chi connectivity index (χ3n) is 4.05. The molecule has 1 aliphatic carbocycles. The second-order valence-corrected chi connectivity index (χ2v) is 4.96. The van der Waals surface area contributed by atoms with E-state index in [1.807, 2.05) is 0 Å². The maximum atomic E-state index is 3.37. The third kappa shape index (κ3) is 2.98. The van der Waals surface area contributed by atoms with Crippen molar-refractivity contribution >= 4 is 0 Å². The fraction of sp³-hybridized carbons (Fsp3) is 1.00. The van der Waals surface area contributed by atoms with Crippen LogP contribution in [0.2, 0.25) is 0 Å². The molecule has 2 unspecified atom stereocenters. The van der Waals surface area contributed by atoms with Gasteiger partial charge in [-0.05, 0) is 44.6 Å². The van der Waals surface area contributed by atoms with Crippen molar-refractivity contribution in [3.8, 4) is 0 Å². The van der Waals surface area contributed by atoms with Crippen LogP contribution in [0.4, 0.5) is 0 Å². The minimum Gasteiger partial charge on any atom is -0.317 e. The van der Waals surface area contributed by atoms with Gasteiger partial charge in [-0.15, -0.1) is 0 Å². The molecule has 0 aromatic rings. The van der Waals surface area contributed by atoms with E-state index in [9.17, 15) is 0 Å². The van der Waals surface area contributed by atoms with Crippen molar-refractivity contribution in [2.45, 2.75) is 52.5 Å². The van der Waals surface area contributed by atoms with E-state index in [0.29, 0.717) is 6.04 Å². The van der Waals surface area contributed by atoms with E-state index in [0.717, 1.165) is 17.8 Å². The van der Waals surface area contributed by atoms with Crippen LogP contribution in [-0.4, -0.2) is 13.1 Å². The molecular formula is C12H25N. The van der Waals surface area contributed by atoms with Crippen LogP contribution < -0.4 is 5.32 Å². The van der Waals surface area contributed by atoms with Gasteiger partial charge in [-0.1, -0.05) is 26.7 Å². The number of nitrogens with one attached hydrogen (secondary N) is 1. The molecule has 0 aliphatic heterocycles. The average molecular weight is 183 g/mol. The molecule has 0 amide bonds. The maximum Gasteiger partial charge on any atom is 0.00640 e. The summed E-state index contributed by atoms with van der Waals surface area (Å²) in [6, 6.07) is 0.679. The van der Waals surface area contributed by atoms with Crippen molar-refractivity contribution < 1.29 is 0 Å². The highest BCUT2D eigenvalue weighted by molar-refractivity contribution is 4.79. The van der Waals surface area contributed by atoms with Gasteiger partial charge in [0.25, 0.3) is 0 Å². The molecule has 1 aliphatic rings. The van der Waals surface area contributed by atoms with Gasteiger partial charge >= 0.3 is 0 Å². The van der Waals surface area contributed by atoms with Gasteiger partial charge in [-0.2, -0.15) is 0 Å². The summed E-state index contributed by atoms with van der Waals surface area (Å²) in [5.74, 6) is 2.80. The van der Waals surface area contributed by atoms with Gasteiger partial charge in [0.15, 0.2) is 0 Å². The first-order valence-electron chi connectivity index (χ1n) is 5.82. The van der Waals surface area contributed by atoms with Gasteiger partial charge in [0, 0.05) is 6.04 Å². The smallest absolute Gasteiger partial charge is 0.00640 e. The van der Waals surface area contributed by atoms with E-state index in [2.05, 4.69) is 33.1 Å². The number of hydrogen-bond acceptors (Lipinski definition) is 1. The van der Waals surface area contributed by atoms with Crippen LogP contribution in [0.1, 0.15) is 46.5 Å². The number of hydrogen-bond donors (Lipinski definition) is 1. The normalized spacial score (nSPS) is 34.2. The quantitative estimate of drug-likeness (QED) is 0.709. The fourth-order valence-corrected chi connectivity index (χ4v) is 2.48. The first kappa shape index (κ1) is 11.0. The van der Waals surface area contributed by atoms with E-state index in [1.54, 1.807) is 0 Å². The lowest BCUT2D eigenvalue weighted by molar-refractivity contribution is 0.195. The molecule has 1 nitrogen and oxygen atoms in total. The van der Waals surface area contributed by atoms with Crippen LogP contribution in [0.15, 0.2) is 0 Å². The standard InChI is InChI=1S/C12H25N/c1-9-5-7-12(8-6-9)10(2)11(3)13-4/h9-13H,5-8H2,1-4H3. The Morgan fingerprint density at radius 1 is 1.08 bits per heavy atom. The van der Waals surface area contributed by atoms with Gasteiger partial charge in [-0.3, -0.25) is 0 Å². The molecule has 0 aromatic carbocycles. The minimum absolute atomic E-state index is 0.679. The Morgan fingerprint density at radius 2 is 1.62 bits per heavy atom. The highest BCUT2D eigenvalue weighted by Gasteiger charge is 2.25. The van der Waals surface area contributed by atoms with Crippen molar-refractivity contribution in [3.63, 3.8) is 0 Å². The number of rotatable bonds is 3.